The van der Waals surface area contributed by atoms with Crippen LogP contribution in [-0.4, -0.2) is 23.4 Å². The molecule has 0 N–H and O–H groups in total. The van der Waals surface area contributed by atoms with Gasteiger partial charge < -0.3 is 4.90 Å². The van der Waals surface area contributed by atoms with Crippen LogP contribution in [0.1, 0.15) is 30.6 Å². The number of hydrogen-bond donors (Lipinski definition) is 0. The number of carbonyl (C=O) groups is 1. The normalized spacial score (nSPS) is 10.2. The number of halogens is 2. The Morgan fingerprint density at radius 3 is 2.72 bits per heavy atom. The van der Waals surface area contributed by atoms with Crippen LogP contribution in [0.25, 0.3) is 0 Å². The van der Waals surface area contributed by atoms with Crippen LogP contribution in [0.15, 0.2) is 22.7 Å². The van der Waals surface area contributed by atoms with E-state index < -0.39 is 0 Å². The molecule has 0 aliphatic carbocycles. The van der Waals surface area contributed by atoms with Crippen molar-refractivity contribution in [1.29, 1.82) is 5.26 Å². The van der Waals surface area contributed by atoms with Crippen LogP contribution in [0.3, 0.4) is 0 Å². The molecule has 0 unspecified atom stereocenters. The molecule has 0 heterocycles. The quantitative estimate of drug-likeness (QED) is 0.841. The van der Waals surface area contributed by atoms with Crippen molar-refractivity contribution in [3.05, 3.63) is 33.3 Å². The van der Waals surface area contributed by atoms with Gasteiger partial charge in [0.1, 0.15) is 0 Å². The molecular weight excluding hydrogens is 316 g/mol. The van der Waals surface area contributed by atoms with Gasteiger partial charge in [-0.05, 0) is 48.0 Å². The van der Waals surface area contributed by atoms with Gasteiger partial charge in [-0.15, -0.1) is 0 Å². The van der Waals surface area contributed by atoms with E-state index in [1.165, 1.54) is 0 Å². The predicted octanol–water partition coefficient (Wildman–Crippen LogP) is 3.87. The van der Waals surface area contributed by atoms with Gasteiger partial charge in [-0.3, -0.25) is 4.79 Å². The first-order chi connectivity index (χ1) is 8.47. The molecule has 1 aromatic carbocycles. The molecule has 0 atom stereocenters. The van der Waals surface area contributed by atoms with Gasteiger partial charge in [0.05, 0.1) is 17.5 Å². The highest BCUT2D eigenvalue weighted by molar-refractivity contribution is 9.10. The average molecular weight is 330 g/mol. The molecule has 0 bridgehead atoms. The Kier molecular flexibility index (Phi) is 5.64. The molecular formula is C13H14BrClN2O. The Morgan fingerprint density at radius 2 is 2.22 bits per heavy atom. The summed E-state index contributed by atoms with van der Waals surface area (Å²) in [6.45, 7) is 4.28. The molecule has 1 amide bonds. The van der Waals surface area contributed by atoms with Crippen LogP contribution in [0.4, 0.5) is 0 Å². The van der Waals surface area contributed by atoms with E-state index in [0.29, 0.717) is 23.6 Å². The Labute approximate surface area is 120 Å². The van der Waals surface area contributed by atoms with Gasteiger partial charge >= 0.3 is 0 Å². The highest BCUT2D eigenvalue weighted by atomic mass is 79.9. The first-order valence-corrected chi connectivity index (χ1v) is 6.77. The maximum atomic E-state index is 12.3. The Hall–Kier alpha value is -1.05. The van der Waals surface area contributed by atoms with Gasteiger partial charge in [-0.25, -0.2) is 0 Å². The molecule has 0 radical (unpaired) electrons. The highest BCUT2D eigenvalue weighted by Gasteiger charge is 2.18. The lowest BCUT2D eigenvalue weighted by Crippen LogP contribution is -2.37. The van der Waals surface area contributed by atoms with E-state index in [4.69, 9.17) is 16.9 Å². The summed E-state index contributed by atoms with van der Waals surface area (Å²) in [7, 11) is 0. The summed E-state index contributed by atoms with van der Waals surface area (Å²) in [4.78, 5) is 14.0. The minimum absolute atomic E-state index is 0.0493. The summed E-state index contributed by atoms with van der Waals surface area (Å²) >= 11 is 9.26. The molecule has 0 fully saturated rings. The number of carbonyl (C=O) groups excluding carboxylic acids is 1. The molecule has 0 aliphatic rings. The molecule has 0 saturated heterocycles. The summed E-state index contributed by atoms with van der Waals surface area (Å²) < 4.78 is 0.758. The van der Waals surface area contributed by atoms with E-state index in [1.54, 1.807) is 23.1 Å². The second kappa shape index (κ2) is 6.77. The lowest BCUT2D eigenvalue weighted by atomic mass is 10.1. The second-order valence-electron chi connectivity index (χ2n) is 4.13. The number of nitriles is 1. The largest absolute Gasteiger partial charge is 0.335 e. The van der Waals surface area contributed by atoms with Crippen molar-refractivity contribution in [2.45, 2.75) is 26.3 Å². The molecule has 18 heavy (non-hydrogen) atoms. The molecule has 0 saturated carbocycles. The maximum Gasteiger partial charge on any atom is 0.254 e. The standard InChI is InChI=1S/C13H14BrClN2O/c1-9(2)17(7-3-6-16)13(18)10-4-5-11(14)12(15)8-10/h4-5,8-9H,3,7H2,1-2H3. The molecule has 1 aromatic rings. The minimum atomic E-state index is -0.102. The summed E-state index contributed by atoms with van der Waals surface area (Å²) in [5, 5.41) is 9.12. The number of rotatable bonds is 4. The fraction of sp³-hybridized carbons (Fsp3) is 0.385. The molecule has 0 spiro atoms. The zero-order valence-electron chi connectivity index (χ0n) is 10.3. The van der Waals surface area contributed by atoms with Gasteiger partial charge in [0.25, 0.3) is 5.91 Å². The van der Waals surface area contributed by atoms with E-state index in [9.17, 15) is 4.79 Å². The Bertz CT molecular complexity index is 482. The molecule has 3 nitrogen and oxygen atoms in total. The molecule has 0 aliphatic heterocycles. The minimum Gasteiger partial charge on any atom is -0.335 e. The van der Waals surface area contributed by atoms with Gasteiger partial charge in [-0.1, -0.05) is 11.6 Å². The summed E-state index contributed by atoms with van der Waals surface area (Å²) in [5.74, 6) is -0.102. The summed E-state index contributed by atoms with van der Waals surface area (Å²) in [5.41, 5.74) is 0.537. The number of nitrogens with zero attached hydrogens (tertiary/aromatic N) is 2. The van der Waals surface area contributed by atoms with Crippen molar-refractivity contribution >= 4 is 33.4 Å². The maximum absolute atomic E-state index is 12.3. The molecule has 96 valence electrons. The Morgan fingerprint density at radius 1 is 1.56 bits per heavy atom. The van der Waals surface area contributed by atoms with Crippen LogP contribution >= 0.6 is 27.5 Å². The van der Waals surface area contributed by atoms with E-state index in [2.05, 4.69) is 22.0 Å². The van der Waals surface area contributed by atoms with Gasteiger partial charge in [0.15, 0.2) is 0 Å². The van der Waals surface area contributed by atoms with E-state index in [-0.39, 0.29) is 11.9 Å². The monoisotopic (exact) mass is 328 g/mol. The third-order valence-electron chi connectivity index (χ3n) is 2.52. The van der Waals surface area contributed by atoms with Crippen LogP contribution in [0.2, 0.25) is 5.02 Å². The van der Waals surface area contributed by atoms with Crippen LogP contribution in [0, 0.1) is 11.3 Å². The third kappa shape index (κ3) is 3.72. The topological polar surface area (TPSA) is 44.1 Å². The first-order valence-electron chi connectivity index (χ1n) is 5.60. The summed E-state index contributed by atoms with van der Waals surface area (Å²) in [6, 6.07) is 7.21. The molecule has 1 rings (SSSR count). The van der Waals surface area contributed by atoms with Crippen molar-refractivity contribution in [1.82, 2.24) is 4.90 Å². The first kappa shape index (κ1) is 15.0. The fourth-order valence-electron chi connectivity index (χ4n) is 1.56. The van der Waals surface area contributed by atoms with Crippen LogP contribution in [0.5, 0.6) is 0 Å². The fourth-order valence-corrected chi connectivity index (χ4v) is 1.99. The van der Waals surface area contributed by atoms with Gasteiger partial charge in [0, 0.05) is 22.6 Å². The van der Waals surface area contributed by atoms with E-state index in [1.807, 2.05) is 13.8 Å². The average Bonchev–Trinajstić information content (AvgIpc) is 2.32. The van der Waals surface area contributed by atoms with Crippen molar-refractivity contribution in [3.8, 4) is 6.07 Å². The number of amides is 1. The predicted molar refractivity (Wildman–Crippen MR) is 75.6 cm³/mol. The van der Waals surface area contributed by atoms with Gasteiger partial charge in [-0.2, -0.15) is 5.26 Å². The van der Waals surface area contributed by atoms with Crippen LogP contribution in [-0.2, 0) is 0 Å². The Balaban J connectivity index is 2.95. The second-order valence-corrected chi connectivity index (χ2v) is 5.39. The zero-order chi connectivity index (χ0) is 13.7. The van der Waals surface area contributed by atoms with Crippen molar-refractivity contribution < 1.29 is 4.79 Å². The van der Waals surface area contributed by atoms with E-state index >= 15 is 0 Å². The SMILES string of the molecule is CC(C)N(CCC#N)C(=O)c1ccc(Br)c(Cl)c1. The number of benzene rings is 1. The van der Waals surface area contributed by atoms with Gasteiger partial charge in [0.2, 0.25) is 0 Å². The van der Waals surface area contributed by atoms with Crippen LogP contribution < -0.4 is 0 Å². The zero-order valence-corrected chi connectivity index (χ0v) is 12.6. The molecule has 0 aromatic heterocycles. The van der Waals surface area contributed by atoms with Crippen molar-refractivity contribution in [2.24, 2.45) is 0 Å². The summed E-state index contributed by atoms with van der Waals surface area (Å²) in [6.07, 6.45) is 0.328. The highest BCUT2D eigenvalue weighted by Crippen LogP contribution is 2.24. The molecule has 5 heteroatoms. The number of hydrogen-bond acceptors (Lipinski definition) is 2. The van der Waals surface area contributed by atoms with E-state index in [0.717, 1.165) is 4.47 Å². The third-order valence-corrected chi connectivity index (χ3v) is 3.75. The van der Waals surface area contributed by atoms with Crippen molar-refractivity contribution in [3.63, 3.8) is 0 Å². The lowest BCUT2D eigenvalue weighted by molar-refractivity contribution is 0.0710. The van der Waals surface area contributed by atoms with Crippen molar-refractivity contribution in [2.75, 3.05) is 6.54 Å². The smallest absolute Gasteiger partial charge is 0.254 e. The lowest BCUT2D eigenvalue weighted by Gasteiger charge is -2.26.